The first-order valence-electron chi connectivity index (χ1n) is 20.2. The maximum Gasteiger partial charge on any atom is 0.320 e. The second kappa shape index (κ2) is 19.9. The molecule has 0 radical (unpaired) electrons. The molecule has 1 spiro atoms. The van der Waals surface area contributed by atoms with E-state index in [-0.39, 0.29) is 29.7 Å². The third-order valence-corrected chi connectivity index (χ3v) is 11.3. The summed E-state index contributed by atoms with van der Waals surface area (Å²) in [7, 11) is 0. The maximum absolute atomic E-state index is 14.1. The molecule has 7 N–H and O–H groups in total. The van der Waals surface area contributed by atoms with E-state index in [0.29, 0.717) is 51.7 Å². The van der Waals surface area contributed by atoms with Crippen molar-refractivity contribution in [2.24, 2.45) is 22.8 Å². The van der Waals surface area contributed by atoms with Gasteiger partial charge in [0.2, 0.25) is 23.6 Å². The van der Waals surface area contributed by atoms with Gasteiger partial charge in [-0.2, -0.15) is 0 Å². The van der Waals surface area contributed by atoms with Gasteiger partial charge in [0.25, 0.3) is 0 Å². The molecule has 0 aromatic heterocycles. The molecular formula is C42H62N8O5. The number of nitrogens with two attached hydrogens (primary N) is 2. The zero-order valence-corrected chi connectivity index (χ0v) is 32.7. The van der Waals surface area contributed by atoms with Crippen molar-refractivity contribution in [1.82, 2.24) is 30.7 Å². The number of nitrogens with one attached hydrogen (secondary N) is 3. The fraction of sp³-hybridized carbons (Fsp3) is 0.595. The first-order valence-corrected chi connectivity index (χ1v) is 20.2. The SMILES string of the molecule is CC(C)CC(NC(=O)C(Cc1ccccc1)NC(=O)C(N)Cc1ccccc1)C(=O)NC(CCCCN)C(=O)N1CCC2(CC1)CN(C(=O)N1CCCC1)C2. The van der Waals surface area contributed by atoms with E-state index in [2.05, 4.69) is 16.0 Å². The monoisotopic (exact) mass is 758 g/mol. The minimum atomic E-state index is -0.991. The molecule has 2 aromatic carbocycles. The number of likely N-dealkylation sites (tertiary alicyclic amines) is 3. The molecule has 3 aliphatic heterocycles. The number of amides is 6. The molecule has 300 valence electrons. The number of urea groups is 1. The third kappa shape index (κ3) is 11.8. The van der Waals surface area contributed by atoms with Crippen molar-refractivity contribution < 1.29 is 24.0 Å². The standard InChI is InChI=1S/C42H62N8O5/c1-30(2)25-35(47-39(53)36(27-32-15-7-4-8-16-32)46-37(51)33(44)26-31-13-5-3-6-14-31)38(52)45-34(17-9-10-20-43)40(54)48-23-18-42(19-24-48)28-50(29-42)41(55)49-21-11-12-22-49/h3-8,13-16,30,33-36H,9-12,17-29,43-44H2,1-2H3,(H,45,52)(H,46,51)(H,47,53). The highest BCUT2D eigenvalue weighted by molar-refractivity contribution is 5.95. The highest BCUT2D eigenvalue weighted by Gasteiger charge is 2.48. The van der Waals surface area contributed by atoms with Gasteiger partial charge in [-0.15, -0.1) is 0 Å². The van der Waals surface area contributed by atoms with Crippen molar-refractivity contribution in [2.75, 3.05) is 45.8 Å². The zero-order valence-electron chi connectivity index (χ0n) is 32.7. The lowest BCUT2D eigenvalue weighted by Gasteiger charge is -2.54. The van der Waals surface area contributed by atoms with Crippen LogP contribution in [-0.2, 0) is 32.0 Å². The smallest absolute Gasteiger partial charge is 0.320 e. The van der Waals surface area contributed by atoms with Crippen LogP contribution < -0.4 is 27.4 Å². The van der Waals surface area contributed by atoms with E-state index < -0.39 is 41.9 Å². The Morgan fingerprint density at radius 2 is 1.22 bits per heavy atom. The summed E-state index contributed by atoms with van der Waals surface area (Å²) in [5.41, 5.74) is 13.9. The zero-order chi connectivity index (χ0) is 39.4. The quantitative estimate of drug-likeness (QED) is 0.154. The van der Waals surface area contributed by atoms with Gasteiger partial charge in [0.15, 0.2) is 0 Å². The van der Waals surface area contributed by atoms with E-state index in [1.807, 2.05) is 89.2 Å². The molecule has 4 unspecified atom stereocenters. The summed E-state index contributed by atoms with van der Waals surface area (Å²) in [6.07, 6.45) is 6.38. The van der Waals surface area contributed by atoms with Gasteiger partial charge in [-0.25, -0.2) is 4.79 Å². The van der Waals surface area contributed by atoms with Crippen LogP contribution in [0.4, 0.5) is 4.79 Å². The molecule has 6 amide bonds. The van der Waals surface area contributed by atoms with Gasteiger partial charge >= 0.3 is 6.03 Å². The molecule has 2 aromatic rings. The van der Waals surface area contributed by atoms with Gasteiger partial charge < -0.3 is 42.1 Å². The van der Waals surface area contributed by atoms with Crippen molar-refractivity contribution >= 4 is 29.7 Å². The largest absolute Gasteiger partial charge is 0.343 e. The summed E-state index contributed by atoms with van der Waals surface area (Å²) >= 11 is 0. The van der Waals surface area contributed by atoms with E-state index in [9.17, 15) is 24.0 Å². The molecule has 0 saturated carbocycles. The number of carbonyl (C=O) groups excluding carboxylic acids is 5. The Hall–Kier alpha value is -4.49. The van der Waals surface area contributed by atoms with Gasteiger partial charge in [0.05, 0.1) is 6.04 Å². The number of hydrogen-bond acceptors (Lipinski definition) is 7. The lowest BCUT2D eigenvalue weighted by atomic mass is 9.72. The van der Waals surface area contributed by atoms with Crippen molar-refractivity contribution in [3.8, 4) is 0 Å². The summed E-state index contributed by atoms with van der Waals surface area (Å²) in [6, 6.07) is 15.4. The fourth-order valence-corrected chi connectivity index (χ4v) is 8.04. The molecular weight excluding hydrogens is 697 g/mol. The Balaban J connectivity index is 1.22. The highest BCUT2D eigenvalue weighted by atomic mass is 16.2. The topological polar surface area (TPSA) is 183 Å². The van der Waals surface area contributed by atoms with Crippen LogP contribution >= 0.6 is 0 Å². The Morgan fingerprint density at radius 1 is 0.673 bits per heavy atom. The highest BCUT2D eigenvalue weighted by Crippen LogP contribution is 2.41. The average molecular weight is 759 g/mol. The van der Waals surface area contributed by atoms with E-state index in [4.69, 9.17) is 11.5 Å². The maximum atomic E-state index is 14.1. The van der Waals surface area contributed by atoms with Crippen molar-refractivity contribution in [2.45, 2.75) is 102 Å². The Morgan fingerprint density at radius 3 is 1.80 bits per heavy atom. The normalized spacial score (nSPS) is 18.6. The molecule has 55 heavy (non-hydrogen) atoms. The third-order valence-electron chi connectivity index (χ3n) is 11.3. The fourth-order valence-electron chi connectivity index (χ4n) is 8.04. The van der Waals surface area contributed by atoms with Crippen molar-refractivity contribution in [3.63, 3.8) is 0 Å². The molecule has 4 atom stereocenters. The summed E-state index contributed by atoms with van der Waals surface area (Å²) in [6.45, 7) is 8.64. The van der Waals surface area contributed by atoms with Crippen LogP contribution in [0.2, 0.25) is 0 Å². The number of nitrogens with zero attached hydrogens (tertiary/aromatic N) is 3. The van der Waals surface area contributed by atoms with Crippen LogP contribution in [0.5, 0.6) is 0 Å². The lowest BCUT2D eigenvalue weighted by molar-refractivity contribution is -0.141. The predicted octanol–water partition coefficient (Wildman–Crippen LogP) is 2.57. The van der Waals surface area contributed by atoms with E-state index in [1.54, 1.807) is 0 Å². The van der Waals surface area contributed by atoms with Gasteiger partial charge in [-0.05, 0) is 81.4 Å². The first kappa shape index (κ1) is 41.7. The number of carbonyl (C=O) groups is 5. The number of hydrogen-bond donors (Lipinski definition) is 5. The summed E-state index contributed by atoms with van der Waals surface area (Å²) < 4.78 is 0. The number of unbranched alkanes of at least 4 members (excludes halogenated alkanes) is 1. The van der Waals surface area contributed by atoms with E-state index in [1.165, 1.54) is 0 Å². The minimum Gasteiger partial charge on any atom is -0.343 e. The van der Waals surface area contributed by atoms with Crippen LogP contribution in [0, 0.1) is 11.3 Å². The molecule has 0 aliphatic carbocycles. The summed E-state index contributed by atoms with van der Waals surface area (Å²) in [5, 5.41) is 8.79. The Labute approximate surface area is 326 Å². The van der Waals surface area contributed by atoms with Gasteiger partial charge in [-0.3, -0.25) is 19.2 Å². The number of rotatable bonds is 17. The molecule has 5 rings (SSSR count). The molecule has 3 saturated heterocycles. The minimum absolute atomic E-state index is 0.0360. The van der Waals surface area contributed by atoms with Gasteiger partial charge in [-0.1, -0.05) is 74.5 Å². The van der Waals surface area contributed by atoms with Crippen LogP contribution in [0.3, 0.4) is 0 Å². The van der Waals surface area contributed by atoms with Crippen molar-refractivity contribution in [1.29, 1.82) is 0 Å². The first-order chi connectivity index (χ1) is 26.5. The van der Waals surface area contributed by atoms with Crippen LogP contribution in [0.25, 0.3) is 0 Å². The van der Waals surface area contributed by atoms with Crippen molar-refractivity contribution in [3.05, 3.63) is 71.8 Å². The molecule has 3 aliphatic rings. The molecule has 13 heteroatoms. The van der Waals surface area contributed by atoms with Crippen LogP contribution in [0.15, 0.2) is 60.7 Å². The van der Waals surface area contributed by atoms with Gasteiger partial charge in [0.1, 0.15) is 18.1 Å². The average Bonchev–Trinajstić information content (AvgIpc) is 3.72. The molecule has 3 heterocycles. The molecule has 0 bridgehead atoms. The van der Waals surface area contributed by atoms with Crippen LogP contribution in [-0.4, -0.2) is 114 Å². The second-order valence-corrected chi connectivity index (χ2v) is 16.2. The Kier molecular flexibility index (Phi) is 15.1. The summed E-state index contributed by atoms with van der Waals surface area (Å²) in [5.74, 6) is -1.51. The Bertz CT molecular complexity index is 1570. The molecule has 13 nitrogen and oxygen atoms in total. The van der Waals surface area contributed by atoms with Crippen LogP contribution in [0.1, 0.15) is 76.3 Å². The van der Waals surface area contributed by atoms with E-state index in [0.717, 1.165) is 63.0 Å². The summed E-state index contributed by atoms with van der Waals surface area (Å²) in [4.78, 5) is 74.1. The second-order valence-electron chi connectivity index (χ2n) is 16.2. The lowest BCUT2D eigenvalue weighted by Crippen LogP contribution is -2.65. The molecule has 3 fully saturated rings. The predicted molar refractivity (Wildman–Crippen MR) is 212 cm³/mol. The number of piperidine rings is 1. The number of benzene rings is 2. The van der Waals surface area contributed by atoms with E-state index >= 15 is 0 Å². The van der Waals surface area contributed by atoms with Gasteiger partial charge in [0, 0.05) is 51.1 Å².